The van der Waals surface area contributed by atoms with E-state index in [4.69, 9.17) is 16.6 Å². The molecule has 7 heteroatoms. The predicted molar refractivity (Wildman–Crippen MR) is 127 cm³/mol. The quantitative estimate of drug-likeness (QED) is 0.608. The number of benzene rings is 1. The van der Waals surface area contributed by atoms with Crippen LogP contribution in [-0.2, 0) is 0 Å². The van der Waals surface area contributed by atoms with Crippen molar-refractivity contribution in [3.63, 3.8) is 0 Å². The summed E-state index contributed by atoms with van der Waals surface area (Å²) in [5.74, 6) is 3.64. The highest BCUT2D eigenvalue weighted by Gasteiger charge is 2.27. The number of thioether (sulfide) groups is 1. The summed E-state index contributed by atoms with van der Waals surface area (Å²) in [5.41, 5.74) is 3.79. The van der Waals surface area contributed by atoms with Gasteiger partial charge in [-0.25, -0.2) is 4.98 Å². The van der Waals surface area contributed by atoms with Gasteiger partial charge in [-0.3, -0.25) is 0 Å². The average Bonchev–Trinajstić information content (AvgIpc) is 3.16. The largest absolute Gasteiger partial charge is 0.367 e. The summed E-state index contributed by atoms with van der Waals surface area (Å²) in [4.78, 5) is 7.57. The van der Waals surface area contributed by atoms with Gasteiger partial charge in [-0.2, -0.15) is 21.4 Å². The molecule has 3 aromatic rings. The van der Waals surface area contributed by atoms with E-state index >= 15 is 0 Å². The molecule has 2 saturated heterocycles. The highest BCUT2D eigenvalue weighted by molar-refractivity contribution is 7.99. The van der Waals surface area contributed by atoms with Crippen LogP contribution in [0.25, 0.3) is 16.9 Å². The maximum absolute atomic E-state index is 6.47. The highest BCUT2D eigenvalue weighted by Crippen LogP contribution is 2.30. The van der Waals surface area contributed by atoms with Crippen molar-refractivity contribution in [3.8, 4) is 11.3 Å². The minimum Gasteiger partial charge on any atom is -0.367 e. The van der Waals surface area contributed by atoms with Crippen LogP contribution in [-0.4, -0.2) is 56.2 Å². The van der Waals surface area contributed by atoms with Crippen LogP contribution in [0.1, 0.15) is 31.2 Å². The molecule has 2 fully saturated rings. The van der Waals surface area contributed by atoms with E-state index in [9.17, 15) is 0 Å². The van der Waals surface area contributed by atoms with Gasteiger partial charge in [-0.15, -0.1) is 0 Å². The molecule has 0 saturated carbocycles. The molecule has 2 aliphatic rings. The van der Waals surface area contributed by atoms with E-state index in [2.05, 4.69) is 40.1 Å². The normalized spacial score (nSPS) is 19.4. The first-order chi connectivity index (χ1) is 14.7. The Kier molecular flexibility index (Phi) is 5.89. The molecule has 0 unspecified atom stereocenters. The molecular weight excluding hydrogens is 414 g/mol. The zero-order chi connectivity index (χ0) is 20.5. The van der Waals surface area contributed by atoms with E-state index in [1.807, 2.05) is 35.0 Å². The van der Waals surface area contributed by atoms with Crippen molar-refractivity contribution in [2.24, 2.45) is 0 Å². The number of nitrogens with zero attached hydrogens (tertiary/aromatic N) is 4. The first-order valence-electron chi connectivity index (χ1n) is 10.9. The van der Waals surface area contributed by atoms with Gasteiger partial charge < -0.3 is 10.2 Å². The summed E-state index contributed by atoms with van der Waals surface area (Å²) < 4.78 is 1.93. The van der Waals surface area contributed by atoms with Crippen molar-refractivity contribution in [1.29, 1.82) is 0 Å². The molecule has 158 valence electrons. The summed E-state index contributed by atoms with van der Waals surface area (Å²) in [5, 5.41) is 9.07. The number of fused-ring (bicyclic) bond motifs is 1. The number of piperidine rings is 1. The lowest BCUT2D eigenvalue weighted by Gasteiger charge is -2.39. The number of halogens is 1. The monoisotopic (exact) mass is 441 g/mol. The number of hydrogen-bond donors (Lipinski definition) is 1. The zero-order valence-electron chi connectivity index (χ0n) is 17.4. The Labute approximate surface area is 187 Å². The van der Waals surface area contributed by atoms with Crippen molar-refractivity contribution in [1.82, 2.24) is 19.5 Å². The van der Waals surface area contributed by atoms with Gasteiger partial charge >= 0.3 is 0 Å². The second-order valence-electron chi connectivity index (χ2n) is 8.37. The van der Waals surface area contributed by atoms with Crippen molar-refractivity contribution >= 4 is 34.8 Å². The molecule has 0 amide bonds. The van der Waals surface area contributed by atoms with Crippen LogP contribution >= 0.6 is 23.4 Å². The molecule has 0 bridgehead atoms. The molecule has 0 radical (unpaired) electrons. The minimum atomic E-state index is 0.452. The maximum atomic E-state index is 6.47. The van der Waals surface area contributed by atoms with Crippen LogP contribution in [0, 0.1) is 6.92 Å². The van der Waals surface area contributed by atoms with Gasteiger partial charge in [0.2, 0.25) is 0 Å². The third kappa shape index (κ3) is 4.05. The Morgan fingerprint density at radius 3 is 2.63 bits per heavy atom. The smallest absolute Gasteiger partial charge is 0.160 e. The van der Waals surface area contributed by atoms with Crippen molar-refractivity contribution < 1.29 is 0 Å². The van der Waals surface area contributed by atoms with Gasteiger partial charge in [-0.1, -0.05) is 29.8 Å². The minimum absolute atomic E-state index is 0.452. The Hall–Kier alpha value is -1.76. The van der Waals surface area contributed by atoms with Crippen LogP contribution in [0.4, 0.5) is 5.82 Å². The molecule has 2 aromatic heterocycles. The van der Waals surface area contributed by atoms with Crippen LogP contribution in [0.3, 0.4) is 0 Å². The van der Waals surface area contributed by atoms with Gasteiger partial charge in [0.15, 0.2) is 5.65 Å². The number of likely N-dealkylation sites (tertiary alicyclic amines) is 1. The standard InChI is InChI=1S/C23H28ClN5S/c1-16-15-25-29-22(14-21(27-23(16)29)19-4-2-3-5-20(19)24)26-17-6-10-28(11-7-17)18-8-12-30-13-9-18/h2-5,14-15,17-18,26H,6-13H2,1H3. The van der Waals surface area contributed by atoms with E-state index in [0.717, 1.165) is 52.2 Å². The second kappa shape index (κ2) is 8.77. The molecule has 1 N–H and O–H groups in total. The van der Waals surface area contributed by atoms with E-state index in [-0.39, 0.29) is 0 Å². The van der Waals surface area contributed by atoms with Crippen molar-refractivity contribution in [3.05, 3.63) is 47.1 Å². The molecule has 2 aliphatic heterocycles. The highest BCUT2D eigenvalue weighted by atomic mass is 35.5. The van der Waals surface area contributed by atoms with Crippen LogP contribution in [0.2, 0.25) is 5.02 Å². The number of rotatable bonds is 4. The summed E-state index contributed by atoms with van der Waals surface area (Å²) in [6.07, 6.45) is 6.90. The molecule has 0 atom stereocenters. The fourth-order valence-electron chi connectivity index (χ4n) is 4.65. The van der Waals surface area contributed by atoms with E-state index in [1.54, 1.807) is 0 Å². The molecule has 4 heterocycles. The number of aromatic nitrogens is 3. The van der Waals surface area contributed by atoms with Crippen LogP contribution in [0.5, 0.6) is 0 Å². The number of nitrogens with one attached hydrogen (secondary N) is 1. The number of hydrogen-bond acceptors (Lipinski definition) is 5. The first kappa shape index (κ1) is 20.2. The molecule has 30 heavy (non-hydrogen) atoms. The number of aryl methyl sites for hydroxylation is 1. The lowest BCUT2D eigenvalue weighted by atomic mass is 10.0. The third-order valence-electron chi connectivity index (χ3n) is 6.39. The van der Waals surface area contributed by atoms with Gasteiger partial charge in [0.05, 0.1) is 11.9 Å². The molecule has 5 nitrogen and oxygen atoms in total. The van der Waals surface area contributed by atoms with Gasteiger partial charge in [0.1, 0.15) is 5.82 Å². The Morgan fingerprint density at radius 2 is 1.87 bits per heavy atom. The third-order valence-corrected chi connectivity index (χ3v) is 7.77. The molecule has 1 aromatic carbocycles. The van der Waals surface area contributed by atoms with E-state index < -0.39 is 0 Å². The molecule has 5 rings (SSSR count). The van der Waals surface area contributed by atoms with Gasteiger partial charge in [-0.05, 0) is 50.2 Å². The van der Waals surface area contributed by atoms with E-state index in [1.165, 1.54) is 37.4 Å². The maximum Gasteiger partial charge on any atom is 0.160 e. The fraction of sp³-hybridized carbons (Fsp3) is 0.478. The zero-order valence-corrected chi connectivity index (χ0v) is 18.9. The lowest BCUT2D eigenvalue weighted by molar-refractivity contribution is 0.148. The molecular formula is C23H28ClN5S. The summed E-state index contributed by atoms with van der Waals surface area (Å²) >= 11 is 8.57. The summed E-state index contributed by atoms with van der Waals surface area (Å²) in [7, 11) is 0. The van der Waals surface area contributed by atoms with Crippen molar-refractivity contribution in [2.75, 3.05) is 29.9 Å². The molecule has 0 aliphatic carbocycles. The Balaban J connectivity index is 1.37. The summed E-state index contributed by atoms with van der Waals surface area (Å²) in [6.45, 7) is 4.41. The first-order valence-corrected chi connectivity index (χ1v) is 12.4. The van der Waals surface area contributed by atoms with E-state index in [0.29, 0.717) is 6.04 Å². The number of anilines is 1. The SMILES string of the molecule is Cc1cnn2c(NC3CCN(C4CCSCC4)CC3)cc(-c3ccccc3Cl)nc12. The Morgan fingerprint density at radius 1 is 1.10 bits per heavy atom. The van der Waals surface area contributed by atoms with Crippen molar-refractivity contribution in [2.45, 2.75) is 44.7 Å². The van der Waals surface area contributed by atoms with Gasteiger partial charge in [0, 0.05) is 47.4 Å². The lowest BCUT2D eigenvalue weighted by Crippen LogP contribution is -2.46. The topological polar surface area (TPSA) is 45.5 Å². The second-order valence-corrected chi connectivity index (χ2v) is 10.00. The van der Waals surface area contributed by atoms with Crippen LogP contribution in [0.15, 0.2) is 36.5 Å². The molecule has 0 spiro atoms. The fourth-order valence-corrected chi connectivity index (χ4v) is 5.96. The van der Waals surface area contributed by atoms with Gasteiger partial charge in [0.25, 0.3) is 0 Å². The van der Waals surface area contributed by atoms with Crippen LogP contribution < -0.4 is 5.32 Å². The average molecular weight is 442 g/mol. The predicted octanol–water partition coefficient (Wildman–Crippen LogP) is 5.13. The summed E-state index contributed by atoms with van der Waals surface area (Å²) in [6, 6.07) is 11.2. The Bertz CT molecular complexity index is 1020.